The zero-order valence-electron chi connectivity index (χ0n) is 14.2. The molecule has 1 heterocycles. The maximum absolute atomic E-state index is 13.0. The minimum atomic E-state index is -1.39. The van der Waals surface area contributed by atoms with Crippen LogP contribution in [0.3, 0.4) is 0 Å². The van der Waals surface area contributed by atoms with Gasteiger partial charge < -0.3 is 14.2 Å². The molecule has 0 aromatic heterocycles. The average Bonchev–Trinajstić information content (AvgIpc) is 3.02. The predicted molar refractivity (Wildman–Crippen MR) is 83.9 cm³/mol. The number of carbonyl (C=O) groups is 3. The highest BCUT2D eigenvalue weighted by atomic mass is 16.7. The van der Waals surface area contributed by atoms with Crippen LogP contribution in [0.1, 0.15) is 32.6 Å². The molecule has 3 rings (SSSR count). The van der Waals surface area contributed by atoms with E-state index in [1.54, 1.807) is 13.0 Å². The zero-order chi connectivity index (χ0) is 17.5. The molecule has 132 valence electrons. The van der Waals surface area contributed by atoms with E-state index in [1.807, 2.05) is 0 Å². The van der Waals surface area contributed by atoms with E-state index in [4.69, 9.17) is 14.2 Å². The van der Waals surface area contributed by atoms with Crippen LogP contribution in [0, 0.1) is 23.2 Å². The van der Waals surface area contributed by atoms with Crippen molar-refractivity contribution in [1.82, 2.24) is 0 Å². The van der Waals surface area contributed by atoms with Gasteiger partial charge in [0.2, 0.25) is 0 Å². The number of esters is 1. The van der Waals surface area contributed by atoms with Crippen molar-refractivity contribution in [2.24, 2.45) is 23.2 Å². The number of fused-ring (bicyclic) bond motifs is 2. The summed E-state index contributed by atoms with van der Waals surface area (Å²) in [6.45, 7) is 6.30. The first-order valence-corrected chi connectivity index (χ1v) is 8.47. The van der Waals surface area contributed by atoms with E-state index < -0.39 is 34.9 Å². The summed E-state index contributed by atoms with van der Waals surface area (Å²) in [5, 5.41) is 0. The maximum Gasteiger partial charge on any atom is 0.320 e. The van der Waals surface area contributed by atoms with Gasteiger partial charge in [-0.05, 0) is 12.3 Å². The van der Waals surface area contributed by atoms with Crippen molar-refractivity contribution in [3.63, 3.8) is 0 Å². The topological polar surface area (TPSA) is 78.9 Å². The lowest BCUT2D eigenvalue weighted by molar-refractivity contribution is -0.262. The Morgan fingerprint density at radius 3 is 2.62 bits per heavy atom. The maximum atomic E-state index is 13.0. The zero-order valence-corrected chi connectivity index (χ0v) is 14.2. The number of methoxy groups -OCH3 is 1. The van der Waals surface area contributed by atoms with Gasteiger partial charge in [-0.1, -0.05) is 13.0 Å². The fourth-order valence-corrected chi connectivity index (χ4v) is 5.03. The predicted octanol–water partition coefficient (Wildman–Crippen LogP) is 1.67. The van der Waals surface area contributed by atoms with Gasteiger partial charge in [0.05, 0.1) is 20.3 Å². The van der Waals surface area contributed by atoms with Crippen LogP contribution in [0.4, 0.5) is 0 Å². The van der Waals surface area contributed by atoms with Gasteiger partial charge in [0.15, 0.2) is 11.6 Å². The fourth-order valence-electron chi connectivity index (χ4n) is 5.03. The summed E-state index contributed by atoms with van der Waals surface area (Å²) in [7, 11) is 1.28. The summed E-state index contributed by atoms with van der Waals surface area (Å²) in [6.07, 6.45) is 2.76. The molecule has 0 aromatic rings. The van der Waals surface area contributed by atoms with Gasteiger partial charge >= 0.3 is 5.97 Å². The van der Waals surface area contributed by atoms with Crippen LogP contribution in [0.2, 0.25) is 0 Å². The van der Waals surface area contributed by atoms with Gasteiger partial charge in [0, 0.05) is 31.1 Å². The van der Waals surface area contributed by atoms with Crippen molar-refractivity contribution in [2.45, 2.75) is 38.4 Å². The summed E-state index contributed by atoms with van der Waals surface area (Å²) >= 11 is 0. The summed E-state index contributed by atoms with van der Waals surface area (Å²) < 4.78 is 16.9. The van der Waals surface area contributed by atoms with Crippen LogP contribution < -0.4 is 0 Å². The van der Waals surface area contributed by atoms with E-state index in [0.29, 0.717) is 26.1 Å². The van der Waals surface area contributed by atoms with Crippen LogP contribution in [0.5, 0.6) is 0 Å². The third-order valence-corrected chi connectivity index (χ3v) is 5.95. The van der Waals surface area contributed by atoms with E-state index in [9.17, 15) is 14.4 Å². The van der Waals surface area contributed by atoms with Gasteiger partial charge in [0.25, 0.3) is 0 Å². The lowest BCUT2D eigenvalue weighted by Crippen LogP contribution is -2.68. The van der Waals surface area contributed by atoms with Gasteiger partial charge in [-0.25, -0.2) is 0 Å². The molecule has 6 heteroatoms. The summed E-state index contributed by atoms with van der Waals surface area (Å²) in [4.78, 5) is 38.6. The molecule has 0 bridgehead atoms. The Morgan fingerprint density at radius 2 is 2.04 bits per heavy atom. The molecule has 6 nitrogen and oxygen atoms in total. The molecule has 0 aromatic carbocycles. The molecule has 3 fully saturated rings. The number of ketones is 2. The Bertz CT molecular complexity index is 566. The molecule has 2 aliphatic carbocycles. The van der Waals surface area contributed by atoms with E-state index in [2.05, 4.69) is 6.58 Å². The first-order valence-electron chi connectivity index (χ1n) is 8.47. The first kappa shape index (κ1) is 17.3. The minimum absolute atomic E-state index is 0.0279. The molecular weight excluding hydrogens is 312 g/mol. The largest absolute Gasteiger partial charge is 0.468 e. The van der Waals surface area contributed by atoms with Crippen molar-refractivity contribution in [1.29, 1.82) is 0 Å². The van der Waals surface area contributed by atoms with E-state index in [0.717, 1.165) is 0 Å². The second kappa shape index (κ2) is 6.08. The van der Waals surface area contributed by atoms with Crippen LogP contribution >= 0.6 is 0 Å². The Kier molecular flexibility index (Phi) is 4.38. The number of hydrogen-bond donors (Lipinski definition) is 0. The van der Waals surface area contributed by atoms with Gasteiger partial charge in [-0.3, -0.25) is 14.4 Å². The normalized spacial score (nSPS) is 38.0. The van der Waals surface area contributed by atoms with Gasteiger partial charge in [-0.2, -0.15) is 0 Å². The van der Waals surface area contributed by atoms with Crippen LogP contribution in [0.15, 0.2) is 12.7 Å². The number of hydrogen-bond acceptors (Lipinski definition) is 6. The number of ether oxygens (including phenoxy) is 3. The quantitative estimate of drug-likeness (QED) is 0.443. The van der Waals surface area contributed by atoms with Gasteiger partial charge in [0.1, 0.15) is 11.2 Å². The smallest absolute Gasteiger partial charge is 0.320 e. The van der Waals surface area contributed by atoms with Crippen molar-refractivity contribution in [3.8, 4) is 0 Å². The van der Waals surface area contributed by atoms with Crippen LogP contribution in [0.25, 0.3) is 0 Å². The molecule has 1 unspecified atom stereocenters. The van der Waals surface area contributed by atoms with Crippen molar-refractivity contribution in [2.75, 3.05) is 20.3 Å². The van der Waals surface area contributed by atoms with Crippen LogP contribution in [-0.2, 0) is 28.6 Å². The first-order chi connectivity index (χ1) is 11.4. The lowest BCUT2D eigenvalue weighted by atomic mass is 9.48. The fraction of sp³-hybridized carbons (Fsp3) is 0.722. The standard InChI is InChI=1S/C18H24O6/c1-4-5-12-13(19)10-11(2)18(16(21)22-3)14(20)6-7-17(15(12)18)23-8-9-24-17/h4,11-12,15H,1,5-10H2,2-3H3/t11-,12+,15?,18+/m0/s1. The third-order valence-electron chi connectivity index (χ3n) is 5.95. The van der Waals surface area contributed by atoms with Crippen molar-refractivity contribution >= 4 is 17.5 Å². The lowest BCUT2D eigenvalue weighted by Gasteiger charge is -2.56. The Labute approximate surface area is 141 Å². The second-order valence-corrected chi connectivity index (χ2v) is 6.97. The molecule has 4 atom stereocenters. The molecule has 24 heavy (non-hydrogen) atoms. The van der Waals surface area contributed by atoms with E-state index >= 15 is 0 Å². The minimum Gasteiger partial charge on any atom is -0.468 e. The average molecular weight is 336 g/mol. The van der Waals surface area contributed by atoms with Crippen molar-refractivity contribution in [3.05, 3.63) is 12.7 Å². The third kappa shape index (κ3) is 2.12. The molecule has 0 amide bonds. The Morgan fingerprint density at radius 1 is 1.38 bits per heavy atom. The van der Waals surface area contributed by atoms with Crippen molar-refractivity contribution < 1.29 is 28.6 Å². The highest BCUT2D eigenvalue weighted by molar-refractivity contribution is 6.07. The Balaban J connectivity index is 2.21. The van der Waals surface area contributed by atoms with Gasteiger partial charge in [-0.15, -0.1) is 6.58 Å². The summed E-state index contributed by atoms with van der Waals surface area (Å²) in [6, 6.07) is 0. The molecule has 1 aliphatic heterocycles. The molecule has 1 spiro atoms. The number of Topliss-reactive ketones (excluding diaryl/α,β-unsaturated/α-hetero) is 2. The summed E-state index contributed by atoms with van der Waals surface area (Å²) in [5.74, 6) is -3.43. The monoisotopic (exact) mass is 336 g/mol. The number of rotatable bonds is 3. The molecule has 3 aliphatic rings. The second-order valence-electron chi connectivity index (χ2n) is 6.97. The number of carbonyl (C=O) groups excluding carboxylic acids is 3. The molecule has 0 radical (unpaired) electrons. The molecule has 1 saturated heterocycles. The summed E-state index contributed by atoms with van der Waals surface area (Å²) in [5.41, 5.74) is -1.39. The Hall–Kier alpha value is -1.53. The molecule has 2 saturated carbocycles. The van der Waals surface area contributed by atoms with Crippen LogP contribution in [-0.4, -0.2) is 43.6 Å². The highest BCUT2D eigenvalue weighted by Crippen LogP contribution is 2.59. The highest BCUT2D eigenvalue weighted by Gasteiger charge is 2.71. The van der Waals surface area contributed by atoms with E-state index in [1.165, 1.54) is 7.11 Å². The molecular formula is C18H24O6. The van der Waals surface area contributed by atoms with E-state index in [-0.39, 0.29) is 24.4 Å². The molecule has 0 N–H and O–H groups in total. The SMILES string of the molecule is C=CC[C@@H]1C(=O)C[C@H](C)[C@@]2(C(=O)OC)C(=O)CCC3(OCCO3)C12. The number of allylic oxidation sites excluding steroid dienone is 1.